The summed E-state index contributed by atoms with van der Waals surface area (Å²) in [5, 5.41) is 3.05. The lowest BCUT2D eigenvalue weighted by molar-refractivity contribution is -0.132. The molecule has 0 bridgehead atoms. The van der Waals surface area contributed by atoms with Crippen LogP contribution >= 0.6 is 0 Å². The van der Waals surface area contributed by atoms with E-state index in [4.69, 9.17) is 0 Å². The Morgan fingerprint density at radius 2 is 1.39 bits per heavy atom. The number of carbonyl (C=O) groups excluding carboxylic acids is 2. The van der Waals surface area contributed by atoms with Gasteiger partial charge in [-0.25, -0.2) is 0 Å². The van der Waals surface area contributed by atoms with Gasteiger partial charge < -0.3 is 10.2 Å². The monoisotopic (exact) mass is 418 g/mol. The minimum absolute atomic E-state index is 0.177. The Hall–Kier alpha value is -2.62. The highest BCUT2D eigenvalue weighted by Gasteiger charge is 2.23. The van der Waals surface area contributed by atoms with Crippen molar-refractivity contribution < 1.29 is 9.59 Å². The summed E-state index contributed by atoms with van der Waals surface area (Å²) in [5.41, 5.74) is 3.83. The van der Waals surface area contributed by atoms with E-state index >= 15 is 0 Å². The quantitative estimate of drug-likeness (QED) is 0.660. The zero-order valence-corrected chi connectivity index (χ0v) is 18.4. The highest BCUT2D eigenvalue weighted by Crippen LogP contribution is 2.23. The summed E-state index contributed by atoms with van der Waals surface area (Å²) < 4.78 is 0. The first-order chi connectivity index (χ1) is 15.2. The predicted octanol–water partition coefficient (Wildman–Crippen LogP) is 4.31. The number of rotatable bonds is 9. The molecule has 1 aliphatic heterocycles. The van der Waals surface area contributed by atoms with Gasteiger partial charge in [0.1, 0.15) is 0 Å². The Morgan fingerprint density at radius 3 is 2.06 bits per heavy atom. The van der Waals surface area contributed by atoms with E-state index < -0.39 is 0 Å². The Balaban J connectivity index is 1.15. The first-order valence-electron chi connectivity index (χ1n) is 11.8. The van der Waals surface area contributed by atoms with Crippen molar-refractivity contribution in [1.29, 1.82) is 0 Å². The summed E-state index contributed by atoms with van der Waals surface area (Å²) in [7, 11) is 0. The van der Waals surface area contributed by atoms with Crippen molar-refractivity contribution in [3.63, 3.8) is 0 Å². The van der Waals surface area contributed by atoms with Crippen LogP contribution in [0.25, 0.3) is 0 Å². The zero-order chi connectivity index (χ0) is 21.5. The van der Waals surface area contributed by atoms with Crippen LogP contribution in [-0.4, -0.2) is 35.8 Å². The van der Waals surface area contributed by atoms with E-state index in [1.54, 1.807) is 0 Å². The van der Waals surface area contributed by atoms with E-state index in [0.29, 0.717) is 24.8 Å². The van der Waals surface area contributed by atoms with Crippen molar-refractivity contribution in [3.8, 4) is 0 Å². The van der Waals surface area contributed by atoms with Crippen LogP contribution in [-0.2, 0) is 28.9 Å². The standard InChI is InChI=1S/C27H34N2O2/c30-26(28-25-12-13-25)14-10-22-6-8-23(9-7-22)20-24-16-18-29(19-17-24)27(31)15-11-21-4-2-1-3-5-21/h1-9,24-25H,10-20H2,(H,28,30). The topological polar surface area (TPSA) is 49.4 Å². The van der Waals surface area contributed by atoms with E-state index in [2.05, 4.69) is 46.6 Å². The van der Waals surface area contributed by atoms with E-state index in [0.717, 1.165) is 58.0 Å². The molecule has 2 amide bonds. The summed E-state index contributed by atoms with van der Waals surface area (Å²) in [4.78, 5) is 26.4. The molecule has 2 aromatic rings. The minimum Gasteiger partial charge on any atom is -0.353 e. The first-order valence-corrected chi connectivity index (χ1v) is 11.8. The van der Waals surface area contributed by atoms with Gasteiger partial charge in [0.15, 0.2) is 0 Å². The second-order valence-electron chi connectivity index (χ2n) is 9.17. The second-order valence-corrected chi connectivity index (χ2v) is 9.17. The molecular formula is C27H34N2O2. The molecule has 4 heteroatoms. The van der Waals surface area contributed by atoms with Gasteiger partial charge in [-0.05, 0) is 67.6 Å². The van der Waals surface area contributed by atoms with E-state index in [9.17, 15) is 9.59 Å². The first kappa shape index (κ1) is 21.6. The number of hydrogen-bond donors (Lipinski definition) is 1. The maximum absolute atomic E-state index is 12.5. The van der Waals surface area contributed by atoms with Crippen molar-refractivity contribution in [1.82, 2.24) is 10.2 Å². The van der Waals surface area contributed by atoms with Crippen LogP contribution in [0.2, 0.25) is 0 Å². The highest BCUT2D eigenvalue weighted by atomic mass is 16.2. The van der Waals surface area contributed by atoms with E-state index in [-0.39, 0.29) is 11.8 Å². The molecule has 4 rings (SSSR count). The Bertz CT molecular complexity index is 851. The third-order valence-corrected chi connectivity index (χ3v) is 6.57. The molecule has 2 fully saturated rings. The highest BCUT2D eigenvalue weighted by molar-refractivity contribution is 5.77. The molecule has 0 atom stereocenters. The molecule has 0 aromatic heterocycles. The van der Waals surface area contributed by atoms with Gasteiger partial charge in [0.2, 0.25) is 11.8 Å². The summed E-state index contributed by atoms with van der Waals surface area (Å²) in [6.07, 6.45) is 8.34. The molecule has 0 spiro atoms. The van der Waals surface area contributed by atoms with Gasteiger partial charge in [0.05, 0.1) is 0 Å². The fourth-order valence-corrected chi connectivity index (χ4v) is 4.40. The zero-order valence-electron chi connectivity index (χ0n) is 18.4. The molecule has 1 saturated heterocycles. The third kappa shape index (κ3) is 6.95. The second kappa shape index (κ2) is 10.6. The van der Waals surface area contributed by atoms with Gasteiger partial charge in [-0.1, -0.05) is 54.6 Å². The average molecular weight is 419 g/mol. The van der Waals surface area contributed by atoms with Crippen molar-refractivity contribution in [2.45, 2.75) is 63.8 Å². The fourth-order valence-electron chi connectivity index (χ4n) is 4.40. The molecule has 31 heavy (non-hydrogen) atoms. The summed E-state index contributed by atoms with van der Waals surface area (Å²) in [5.74, 6) is 1.11. The van der Waals surface area contributed by atoms with Gasteiger partial charge >= 0.3 is 0 Å². The summed E-state index contributed by atoms with van der Waals surface area (Å²) >= 11 is 0. The van der Waals surface area contributed by atoms with Crippen molar-refractivity contribution in [3.05, 3.63) is 71.3 Å². The number of piperidine rings is 1. The van der Waals surface area contributed by atoms with Gasteiger partial charge in [0, 0.05) is 32.0 Å². The number of benzene rings is 2. The van der Waals surface area contributed by atoms with Crippen LogP contribution < -0.4 is 5.32 Å². The Kier molecular flexibility index (Phi) is 7.39. The summed E-state index contributed by atoms with van der Waals surface area (Å²) in [6, 6.07) is 19.5. The lowest BCUT2D eigenvalue weighted by Crippen LogP contribution is -2.39. The van der Waals surface area contributed by atoms with Gasteiger partial charge in [-0.3, -0.25) is 9.59 Å². The molecule has 1 N–H and O–H groups in total. The largest absolute Gasteiger partial charge is 0.353 e. The molecule has 1 saturated carbocycles. The van der Waals surface area contributed by atoms with E-state index in [1.807, 2.05) is 18.2 Å². The van der Waals surface area contributed by atoms with E-state index in [1.165, 1.54) is 16.7 Å². The number of carbonyl (C=O) groups is 2. The number of nitrogens with one attached hydrogen (secondary N) is 1. The van der Waals surface area contributed by atoms with Crippen LogP contribution in [0.3, 0.4) is 0 Å². The van der Waals surface area contributed by atoms with Crippen LogP contribution in [0.4, 0.5) is 0 Å². The lowest BCUT2D eigenvalue weighted by Gasteiger charge is -2.32. The van der Waals surface area contributed by atoms with Crippen LogP contribution in [0.5, 0.6) is 0 Å². The molecule has 2 aromatic carbocycles. The molecule has 2 aliphatic rings. The normalized spacial score (nSPS) is 16.8. The summed E-state index contributed by atoms with van der Waals surface area (Å²) in [6.45, 7) is 1.76. The fraction of sp³-hybridized carbons (Fsp3) is 0.481. The number of nitrogens with zero attached hydrogens (tertiary/aromatic N) is 1. The molecule has 1 aliphatic carbocycles. The minimum atomic E-state index is 0.177. The molecule has 164 valence electrons. The third-order valence-electron chi connectivity index (χ3n) is 6.57. The predicted molar refractivity (Wildman–Crippen MR) is 124 cm³/mol. The molecule has 0 unspecified atom stereocenters. The lowest BCUT2D eigenvalue weighted by atomic mass is 9.89. The number of aryl methyl sites for hydroxylation is 2. The van der Waals surface area contributed by atoms with Crippen molar-refractivity contribution in [2.24, 2.45) is 5.92 Å². The molecule has 4 nitrogen and oxygen atoms in total. The van der Waals surface area contributed by atoms with Crippen LogP contribution in [0.15, 0.2) is 54.6 Å². The number of likely N-dealkylation sites (tertiary alicyclic amines) is 1. The Labute approximate surface area is 186 Å². The number of hydrogen-bond acceptors (Lipinski definition) is 2. The maximum Gasteiger partial charge on any atom is 0.222 e. The SMILES string of the molecule is O=C(CCc1ccc(CC2CCN(C(=O)CCc3ccccc3)CC2)cc1)NC1CC1. The van der Waals surface area contributed by atoms with Gasteiger partial charge in [0.25, 0.3) is 0 Å². The van der Waals surface area contributed by atoms with Crippen LogP contribution in [0.1, 0.15) is 55.2 Å². The Morgan fingerprint density at radius 1 is 0.774 bits per heavy atom. The average Bonchev–Trinajstić information content (AvgIpc) is 3.62. The van der Waals surface area contributed by atoms with Crippen molar-refractivity contribution in [2.75, 3.05) is 13.1 Å². The molecule has 0 radical (unpaired) electrons. The van der Waals surface area contributed by atoms with Crippen molar-refractivity contribution >= 4 is 11.8 Å². The van der Waals surface area contributed by atoms with Gasteiger partial charge in [-0.15, -0.1) is 0 Å². The van der Waals surface area contributed by atoms with Gasteiger partial charge in [-0.2, -0.15) is 0 Å². The molecular weight excluding hydrogens is 384 g/mol. The van der Waals surface area contributed by atoms with Crippen LogP contribution in [0, 0.1) is 5.92 Å². The molecule has 1 heterocycles. The number of amides is 2. The maximum atomic E-state index is 12.5. The smallest absolute Gasteiger partial charge is 0.222 e.